The van der Waals surface area contributed by atoms with Crippen molar-refractivity contribution in [3.63, 3.8) is 0 Å². The van der Waals surface area contributed by atoms with Crippen LogP contribution in [0.3, 0.4) is 0 Å². The smallest absolute Gasteiger partial charge is 0.264 e. The highest BCUT2D eigenvalue weighted by molar-refractivity contribution is 7.92. The standard InChI is InChI=1S/C30H36ClN3O6S/c1-21(2)32-30(36)22(3)33(18-17-23-9-7-6-8-10-23)29(35)20-34(25-13-11-24(31)12-14-25)41(37,38)26-15-16-27(39-4)28(19-26)40-5/h6-16,19,21-22H,17-18,20H2,1-5H3,(H,32,36). The number of rotatable bonds is 13. The molecule has 0 aliphatic rings. The van der Waals surface area contributed by atoms with Gasteiger partial charge in [-0.25, -0.2) is 8.42 Å². The molecule has 0 spiro atoms. The minimum absolute atomic E-state index is 0.0978. The van der Waals surface area contributed by atoms with E-state index in [9.17, 15) is 18.0 Å². The predicted molar refractivity (Wildman–Crippen MR) is 160 cm³/mol. The second-order valence-corrected chi connectivity index (χ2v) is 12.0. The van der Waals surface area contributed by atoms with Crippen LogP contribution >= 0.6 is 11.6 Å². The summed E-state index contributed by atoms with van der Waals surface area (Å²) in [5.74, 6) is -0.286. The summed E-state index contributed by atoms with van der Waals surface area (Å²) in [7, 11) is -1.42. The normalized spacial score (nSPS) is 12.0. The summed E-state index contributed by atoms with van der Waals surface area (Å²) < 4.78 is 39.6. The zero-order valence-corrected chi connectivity index (χ0v) is 25.4. The van der Waals surface area contributed by atoms with Crippen LogP contribution in [0.5, 0.6) is 11.5 Å². The molecule has 3 rings (SSSR count). The highest BCUT2D eigenvalue weighted by atomic mass is 35.5. The monoisotopic (exact) mass is 601 g/mol. The maximum atomic E-state index is 14.0. The summed E-state index contributed by atoms with van der Waals surface area (Å²) in [6.45, 7) is 4.96. The van der Waals surface area contributed by atoms with E-state index in [0.29, 0.717) is 17.2 Å². The van der Waals surface area contributed by atoms with Crippen molar-refractivity contribution >= 4 is 39.1 Å². The van der Waals surface area contributed by atoms with Crippen molar-refractivity contribution in [2.24, 2.45) is 0 Å². The van der Waals surface area contributed by atoms with E-state index in [1.54, 1.807) is 19.1 Å². The molecule has 1 atom stereocenters. The molecule has 0 aromatic heterocycles. The van der Waals surface area contributed by atoms with Gasteiger partial charge in [0.1, 0.15) is 12.6 Å². The van der Waals surface area contributed by atoms with E-state index in [1.165, 1.54) is 49.5 Å². The van der Waals surface area contributed by atoms with Gasteiger partial charge >= 0.3 is 0 Å². The average molecular weight is 602 g/mol. The molecular formula is C30H36ClN3O6S. The second kappa shape index (κ2) is 14.2. The largest absolute Gasteiger partial charge is 0.493 e. The number of sulfonamides is 1. The van der Waals surface area contributed by atoms with E-state index in [4.69, 9.17) is 21.1 Å². The third-order valence-electron chi connectivity index (χ3n) is 6.42. The zero-order chi connectivity index (χ0) is 30.2. The summed E-state index contributed by atoms with van der Waals surface area (Å²) >= 11 is 6.08. The van der Waals surface area contributed by atoms with Gasteiger partial charge in [-0.05, 0) is 69.2 Å². The first-order valence-corrected chi connectivity index (χ1v) is 14.9. The third-order valence-corrected chi connectivity index (χ3v) is 8.44. The van der Waals surface area contributed by atoms with Crippen LogP contribution in [-0.2, 0) is 26.0 Å². The Hall–Kier alpha value is -3.76. The van der Waals surface area contributed by atoms with Crippen LogP contribution in [0.1, 0.15) is 26.3 Å². The second-order valence-electron chi connectivity index (χ2n) is 9.67. The van der Waals surface area contributed by atoms with Crippen LogP contribution in [0.15, 0.2) is 77.7 Å². The molecule has 0 saturated heterocycles. The third kappa shape index (κ3) is 8.14. The minimum Gasteiger partial charge on any atom is -0.493 e. The number of methoxy groups -OCH3 is 2. The summed E-state index contributed by atoms with van der Waals surface area (Å²) in [6, 6.07) is 18.9. The minimum atomic E-state index is -4.28. The number of halogens is 1. The van der Waals surface area contributed by atoms with Crippen LogP contribution in [0, 0.1) is 0 Å². The van der Waals surface area contributed by atoms with Gasteiger partial charge in [0.25, 0.3) is 10.0 Å². The van der Waals surface area contributed by atoms with Gasteiger partial charge in [0.15, 0.2) is 11.5 Å². The zero-order valence-electron chi connectivity index (χ0n) is 23.8. The average Bonchev–Trinajstić information content (AvgIpc) is 2.96. The molecule has 0 aliphatic carbocycles. The Kier molecular flexibility index (Phi) is 11.0. The van der Waals surface area contributed by atoms with Crippen LogP contribution in [0.2, 0.25) is 5.02 Å². The highest BCUT2D eigenvalue weighted by Gasteiger charge is 2.33. The van der Waals surface area contributed by atoms with Crippen LogP contribution in [-0.4, -0.2) is 64.5 Å². The molecule has 1 N–H and O–H groups in total. The lowest BCUT2D eigenvalue weighted by molar-refractivity contribution is -0.139. The fraction of sp³-hybridized carbons (Fsp3) is 0.333. The first-order chi connectivity index (χ1) is 19.5. The molecule has 3 aromatic rings. The molecular weight excluding hydrogens is 566 g/mol. The number of hydrogen-bond acceptors (Lipinski definition) is 6. The first kappa shape index (κ1) is 31.8. The van der Waals surface area contributed by atoms with Crippen molar-refractivity contribution < 1.29 is 27.5 Å². The van der Waals surface area contributed by atoms with Gasteiger partial charge in [-0.15, -0.1) is 0 Å². The van der Waals surface area contributed by atoms with E-state index in [-0.39, 0.29) is 34.8 Å². The topological polar surface area (TPSA) is 105 Å². The van der Waals surface area contributed by atoms with Crippen molar-refractivity contribution in [3.8, 4) is 11.5 Å². The molecule has 1 unspecified atom stereocenters. The van der Waals surface area contributed by atoms with E-state index in [1.807, 2.05) is 44.2 Å². The Morgan fingerprint density at radius 2 is 1.54 bits per heavy atom. The summed E-state index contributed by atoms with van der Waals surface area (Å²) in [4.78, 5) is 28.2. The van der Waals surface area contributed by atoms with Gasteiger partial charge in [0.05, 0.1) is 24.8 Å². The number of amides is 2. The van der Waals surface area contributed by atoms with Crippen molar-refractivity contribution in [1.29, 1.82) is 0 Å². The number of nitrogens with one attached hydrogen (secondary N) is 1. The summed E-state index contributed by atoms with van der Waals surface area (Å²) in [6.07, 6.45) is 0.481. The van der Waals surface area contributed by atoms with Crippen molar-refractivity contribution in [2.45, 2.75) is 44.2 Å². The summed E-state index contributed by atoms with van der Waals surface area (Å²) in [5.41, 5.74) is 1.22. The summed E-state index contributed by atoms with van der Waals surface area (Å²) in [5, 5.41) is 3.25. The van der Waals surface area contributed by atoms with Gasteiger partial charge in [0.2, 0.25) is 11.8 Å². The van der Waals surface area contributed by atoms with Crippen molar-refractivity contribution in [2.75, 3.05) is 31.6 Å². The molecule has 11 heteroatoms. The molecule has 0 saturated carbocycles. The highest BCUT2D eigenvalue weighted by Crippen LogP contribution is 2.32. The Morgan fingerprint density at radius 1 is 0.902 bits per heavy atom. The predicted octanol–water partition coefficient (Wildman–Crippen LogP) is 4.54. The molecule has 3 aromatic carbocycles. The van der Waals surface area contributed by atoms with E-state index in [0.717, 1.165) is 9.87 Å². The molecule has 0 heterocycles. The maximum Gasteiger partial charge on any atom is 0.264 e. The quantitative estimate of drug-likeness (QED) is 0.308. The first-order valence-electron chi connectivity index (χ1n) is 13.1. The van der Waals surface area contributed by atoms with Crippen LogP contribution in [0.25, 0.3) is 0 Å². The van der Waals surface area contributed by atoms with E-state index in [2.05, 4.69) is 5.32 Å². The number of benzene rings is 3. The number of anilines is 1. The van der Waals surface area contributed by atoms with Crippen LogP contribution < -0.4 is 19.1 Å². The molecule has 41 heavy (non-hydrogen) atoms. The number of hydrogen-bond donors (Lipinski definition) is 1. The Morgan fingerprint density at radius 3 is 2.12 bits per heavy atom. The Balaban J connectivity index is 2.02. The van der Waals surface area contributed by atoms with Gasteiger partial charge in [-0.1, -0.05) is 41.9 Å². The lowest BCUT2D eigenvalue weighted by Gasteiger charge is -2.32. The Bertz CT molecular complexity index is 1430. The number of ether oxygens (including phenoxy) is 2. The van der Waals surface area contributed by atoms with Gasteiger partial charge in [-0.2, -0.15) is 0 Å². The lowest BCUT2D eigenvalue weighted by Crippen LogP contribution is -2.53. The lowest BCUT2D eigenvalue weighted by atomic mass is 10.1. The molecule has 220 valence electrons. The van der Waals surface area contributed by atoms with Crippen molar-refractivity contribution in [3.05, 3.63) is 83.4 Å². The number of carbonyl (C=O) groups is 2. The molecule has 9 nitrogen and oxygen atoms in total. The van der Waals surface area contributed by atoms with E-state index < -0.39 is 28.5 Å². The van der Waals surface area contributed by atoms with E-state index >= 15 is 0 Å². The fourth-order valence-electron chi connectivity index (χ4n) is 4.22. The molecule has 0 bridgehead atoms. The molecule has 0 radical (unpaired) electrons. The SMILES string of the molecule is COc1ccc(S(=O)(=O)N(CC(=O)N(CCc2ccccc2)C(C)C(=O)NC(C)C)c2ccc(Cl)cc2)cc1OC. The van der Waals surface area contributed by atoms with Crippen molar-refractivity contribution in [1.82, 2.24) is 10.2 Å². The number of nitrogens with zero attached hydrogens (tertiary/aromatic N) is 2. The van der Waals surface area contributed by atoms with Gasteiger partial charge in [-0.3, -0.25) is 13.9 Å². The van der Waals surface area contributed by atoms with Gasteiger partial charge in [0, 0.05) is 23.7 Å². The number of carbonyl (C=O) groups excluding carboxylic acids is 2. The molecule has 2 amide bonds. The molecule has 0 aliphatic heterocycles. The molecule has 0 fully saturated rings. The maximum absolute atomic E-state index is 14.0. The van der Waals surface area contributed by atoms with Crippen LogP contribution in [0.4, 0.5) is 5.69 Å². The van der Waals surface area contributed by atoms with Gasteiger partial charge < -0.3 is 19.7 Å². The Labute approximate surface area is 247 Å². The fourth-order valence-corrected chi connectivity index (χ4v) is 5.77.